The molecule has 10 nitrogen and oxygen atoms in total. The summed E-state index contributed by atoms with van der Waals surface area (Å²) in [6.45, 7) is 1.88. The van der Waals surface area contributed by atoms with Gasteiger partial charge in [0, 0.05) is 38.0 Å². The van der Waals surface area contributed by atoms with Crippen molar-refractivity contribution in [3.63, 3.8) is 0 Å². The molecule has 1 saturated carbocycles. The van der Waals surface area contributed by atoms with Gasteiger partial charge in [0.15, 0.2) is 11.5 Å². The van der Waals surface area contributed by atoms with Crippen LogP contribution in [0.25, 0.3) is 22.3 Å². The minimum atomic E-state index is -0.656. The maximum absolute atomic E-state index is 12.3. The Hall–Kier alpha value is -3.82. The monoisotopic (exact) mass is 403 g/mol. The molecule has 3 N–H and O–H groups in total. The molecule has 0 radical (unpaired) electrons. The molecule has 1 aliphatic carbocycles. The topological polar surface area (TPSA) is 129 Å². The minimum absolute atomic E-state index is 0.0746. The third-order valence-electron chi connectivity index (χ3n) is 5.28. The number of pyridine rings is 1. The summed E-state index contributed by atoms with van der Waals surface area (Å²) in [5, 5.41) is 7.52. The van der Waals surface area contributed by atoms with Crippen molar-refractivity contribution in [3.8, 4) is 11.3 Å². The number of aryl methyl sites for hydroxylation is 3. The minimum Gasteiger partial charge on any atom is -0.364 e. The quantitative estimate of drug-likeness (QED) is 0.522. The number of fused-ring (bicyclic) bond motifs is 1. The Labute approximate surface area is 172 Å². The second kappa shape index (κ2) is 6.61. The first-order valence-corrected chi connectivity index (χ1v) is 9.66. The van der Waals surface area contributed by atoms with Crippen LogP contribution in [-0.4, -0.2) is 40.2 Å². The van der Waals surface area contributed by atoms with Gasteiger partial charge in [0.1, 0.15) is 5.52 Å². The van der Waals surface area contributed by atoms with E-state index in [1.54, 1.807) is 23.4 Å². The van der Waals surface area contributed by atoms with Gasteiger partial charge in [0.05, 0.1) is 40.8 Å². The molecule has 10 heteroatoms. The number of amides is 1. The van der Waals surface area contributed by atoms with E-state index in [2.05, 4.69) is 25.4 Å². The van der Waals surface area contributed by atoms with Crippen LogP contribution in [0.2, 0.25) is 0 Å². The Morgan fingerprint density at radius 3 is 2.70 bits per heavy atom. The highest BCUT2D eigenvalue weighted by atomic mass is 16.1. The highest BCUT2D eigenvalue weighted by Gasteiger charge is 2.32. The lowest BCUT2D eigenvalue weighted by atomic mass is 10.1. The van der Waals surface area contributed by atoms with Gasteiger partial charge in [-0.1, -0.05) is 0 Å². The van der Waals surface area contributed by atoms with Crippen molar-refractivity contribution < 1.29 is 4.79 Å². The lowest BCUT2D eigenvalue weighted by molar-refractivity contribution is 0.0996. The van der Waals surface area contributed by atoms with E-state index in [9.17, 15) is 4.79 Å². The maximum Gasteiger partial charge on any atom is 0.271 e. The number of aromatic nitrogens is 7. The molecule has 4 aromatic rings. The number of nitrogens with one attached hydrogen (secondary N) is 1. The first-order valence-electron chi connectivity index (χ1n) is 9.66. The Morgan fingerprint density at radius 2 is 2.03 bits per heavy atom. The summed E-state index contributed by atoms with van der Waals surface area (Å²) in [7, 11) is 3.74. The zero-order chi connectivity index (χ0) is 21.0. The largest absolute Gasteiger partial charge is 0.364 e. The van der Waals surface area contributed by atoms with Crippen LogP contribution in [0.3, 0.4) is 0 Å². The van der Waals surface area contributed by atoms with Crippen LogP contribution in [0.4, 0.5) is 11.5 Å². The third kappa shape index (κ3) is 2.97. The second-order valence-electron chi connectivity index (χ2n) is 7.63. The molecule has 0 aromatic carbocycles. The van der Waals surface area contributed by atoms with Gasteiger partial charge in [-0.15, -0.1) is 0 Å². The van der Waals surface area contributed by atoms with Gasteiger partial charge in [-0.2, -0.15) is 5.10 Å². The van der Waals surface area contributed by atoms with Crippen LogP contribution in [-0.2, 0) is 14.1 Å². The lowest BCUT2D eigenvalue weighted by Gasteiger charge is -2.14. The average Bonchev–Trinajstić information content (AvgIpc) is 3.42. The number of carbonyl (C=O) groups excluding carboxylic acids is 1. The maximum atomic E-state index is 12.3. The predicted molar refractivity (Wildman–Crippen MR) is 111 cm³/mol. The zero-order valence-electron chi connectivity index (χ0n) is 16.9. The van der Waals surface area contributed by atoms with Gasteiger partial charge in [0.2, 0.25) is 0 Å². The van der Waals surface area contributed by atoms with E-state index in [0.29, 0.717) is 11.5 Å². The van der Waals surface area contributed by atoms with Gasteiger partial charge in [-0.25, -0.2) is 15.0 Å². The van der Waals surface area contributed by atoms with Crippen LogP contribution in [0.1, 0.15) is 40.6 Å². The molecule has 0 bridgehead atoms. The molecule has 1 amide bonds. The predicted octanol–water partition coefficient (Wildman–Crippen LogP) is 2.19. The van der Waals surface area contributed by atoms with E-state index in [1.807, 2.05) is 31.8 Å². The van der Waals surface area contributed by atoms with Crippen LogP contribution in [0, 0.1) is 6.92 Å². The molecule has 4 heterocycles. The number of hydrogen-bond acceptors (Lipinski definition) is 7. The molecule has 0 aliphatic heterocycles. The molecular formula is C20H21N9O. The molecule has 5 rings (SSSR count). The summed E-state index contributed by atoms with van der Waals surface area (Å²) < 4.78 is 3.59. The van der Waals surface area contributed by atoms with Gasteiger partial charge in [0.25, 0.3) is 5.91 Å². The number of anilines is 2. The van der Waals surface area contributed by atoms with Gasteiger partial charge >= 0.3 is 0 Å². The van der Waals surface area contributed by atoms with Crippen LogP contribution < -0.4 is 11.1 Å². The fourth-order valence-electron chi connectivity index (χ4n) is 3.61. The molecule has 4 aromatic heterocycles. The van der Waals surface area contributed by atoms with Crippen molar-refractivity contribution >= 4 is 28.4 Å². The van der Waals surface area contributed by atoms with Crippen LogP contribution in [0.5, 0.6) is 0 Å². The van der Waals surface area contributed by atoms with E-state index >= 15 is 0 Å². The van der Waals surface area contributed by atoms with Crippen LogP contribution in [0.15, 0.2) is 24.9 Å². The molecule has 0 atom stereocenters. The Morgan fingerprint density at radius 1 is 1.23 bits per heavy atom. The summed E-state index contributed by atoms with van der Waals surface area (Å²) in [6.07, 6.45) is 9.07. The molecule has 0 unspecified atom stereocenters. The zero-order valence-corrected chi connectivity index (χ0v) is 16.9. The number of hydrogen-bond donors (Lipinski definition) is 2. The molecular weight excluding hydrogens is 382 g/mol. The van der Waals surface area contributed by atoms with Gasteiger partial charge in [-0.05, 0) is 19.8 Å². The number of imidazole rings is 1. The summed E-state index contributed by atoms with van der Waals surface area (Å²) in [6, 6.07) is 0. The lowest BCUT2D eigenvalue weighted by Crippen LogP contribution is -2.18. The van der Waals surface area contributed by atoms with Crippen molar-refractivity contribution in [1.29, 1.82) is 0 Å². The Bertz CT molecular complexity index is 1300. The number of rotatable bonds is 5. The first-order chi connectivity index (χ1) is 14.4. The number of nitrogens with two attached hydrogens (primary N) is 1. The highest BCUT2D eigenvalue weighted by molar-refractivity contribution is 5.98. The van der Waals surface area contributed by atoms with E-state index in [-0.39, 0.29) is 11.6 Å². The van der Waals surface area contributed by atoms with Crippen molar-refractivity contribution in [2.24, 2.45) is 19.8 Å². The number of nitrogens with zero attached hydrogens (tertiary/aromatic N) is 7. The smallest absolute Gasteiger partial charge is 0.271 e. The van der Waals surface area contributed by atoms with Gasteiger partial charge in [-0.3, -0.25) is 14.5 Å². The highest BCUT2D eigenvalue weighted by Crippen LogP contribution is 2.44. The van der Waals surface area contributed by atoms with E-state index in [4.69, 9.17) is 10.7 Å². The normalized spacial score (nSPS) is 13.7. The van der Waals surface area contributed by atoms with E-state index < -0.39 is 5.91 Å². The van der Waals surface area contributed by atoms with E-state index in [1.165, 1.54) is 0 Å². The molecule has 0 spiro atoms. The van der Waals surface area contributed by atoms with Crippen molar-refractivity contribution in [3.05, 3.63) is 42.0 Å². The summed E-state index contributed by atoms with van der Waals surface area (Å²) in [5.74, 6) is -0.0364. The average molecular weight is 403 g/mol. The molecule has 152 valence electrons. The van der Waals surface area contributed by atoms with Crippen molar-refractivity contribution in [2.45, 2.75) is 25.7 Å². The fraction of sp³-hybridized carbons (Fsp3) is 0.300. The SMILES string of the molecule is Cc1nn(C)cc1Nc1nc(C2CC2)c(-c2cncc3c2ncn3C)nc1C(N)=O. The number of primary amides is 1. The second-order valence-corrected chi connectivity index (χ2v) is 7.63. The summed E-state index contributed by atoms with van der Waals surface area (Å²) >= 11 is 0. The Kier molecular flexibility index (Phi) is 4.02. The summed E-state index contributed by atoms with van der Waals surface area (Å²) in [5.41, 5.74) is 11.1. The van der Waals surface area contributed by atoms with Gasteiger partial charge < -0.3 is 15.6 Å². The number of carbonyl (C=O) groups is 1. The molecule has 1 fully saturated rings. The third-order valence-corrected chi connectivity index (χ3v) is 5.28. The molecule has 0 saturated heterocycles. The summed E-state index contributed by atoms with van der Waals surface area (Å²) in [4.78, 5) is 30.6. The van der Waals surface area contributed by atoms with Crippen molar-refractivity contribution in [2.75, 3.05) is 5.32 Å². The Balaban J connectivity index is 1.71. The molecule has 1 aliphatic rings. The molecule has 30 heavy (non-hydrogen) atoms. The van der Waals surface area contributed by atoms with Crippen molar-refractivity contribution in [1.82, 2.24) is 34.3 Å². The van der Waals surface area contributed by atoms with E-state index in [0.717, 1.165) is 46.5 Å². The van der Waals surface area contributed by atoms with Crippen LogP contribution >= 0.6 is 0 Å². The first kappa shape index (κ1) is 18.2. The fourth-order valence-corrected chi connectivity index (χ4v) is 3.61. The standard InChI is InChI=1S/C20H21N9O/c1-10-13(8-29(3)27-10)24-20-18(19(21)30)25-17(15(26-20)11-4-5-11)12-6-22-7-14-16(12)23-9-28(14)2/h6-9,11H,4-5H2,1-3H3,(H2,21,30)(H,24,26).